The molecule has 0 N–H and O–H groups in total. The Morgan fingerprint density at radius 3 is 2.67 bits per heavy atom. The first kappa shape index (κ1) is 22.6. The van der Waals surface area contributed by atoms with Gasteiger partial charge in [-0.1, -0.05) is 40.6 Å². The van der Waals surface area contributed by atoms with Gasteiger partial charge in [0.1, 0.15) is 17.0 Å². The summed E-state index contributed by atoms with van der Waals surface area (Å²) in [4.78, 5) is 17.3. The van der Waals surface area contributed by atoms with Crippen LogP contribution in [0.3, 0.4) is 0 Å². The number of ether oxygens (including phenoxy) is 3. The van der Waals surface area contributed by atoms with Gasteiger partial charge in [0.2, 0.25) is 0 Å². The predicted octanol–water partition coefficient (Wildman–Crippen LogP) is 4.95. The van der Waals surface area contributed by atoms with Crippen LogP contribution in [0.5, 0.6) is 11.5 Å². The summed E-state index contributed by atoms with van der Waals surface area (Å²) in [5.41, 5.74) is 0.900. The SMILES string of the molecule is CCOCCn1c(=NC(=O)COc2ccc(Cl)cc2Cl)sc2cccc(OCC)c21. The van der Waals surface area contributed by atoms with Gasteiger partial charge in [-0.15, -0.1) is 0 Å². The Bertz CT molecular complexity index is 1090. The number of halogens is 2. The van der Waals surface area contributed by atoms with Crippen molar-refractivity contribution in [2.45, 2.75) is 20.4 Å². The Labute approximate surface area is 188 Å². The number of carbonyl (C=O) groups is 1. The summed E-state index contributed by atoms with van der Waals surface area (Å²) in [6.45, 7) is 5.84. The molecule has 1 aromatic heterocycles. The molecule has 160 valence electrons. The van der Waals surface area contributed by atoms with E-state index < -0.39 is 5.91 Å². The second-order valence-corrected chi connectivity index (χ2v) is 7.99. The summed E-state index contributed by atoms with van der Waals surface area (Å²) in [5.74, 6) is 0.709. The number of rotatable bonds is 9. The average molecular weight is 469 g/mol. The number of fused-ring (bicyclic) bond motifs is 1. The second-order valence-electron chi connectivity index (χ2n) is 6.14. The first-order valence-electron chi connectivity index (χ1n) is 9.51. The van der Waals surface area contributed by atoms with Gasteiger partial charge >= 0.3 is 0 Å². The lowest BCUT2D eigenvalue weighted by atomic mass is 10.3. The smallest absolute Gasteiger partial charge is 0.286 e. The number of para-hydroxylation sites is 1. The van der Waals surface area contributed by atoms with Crippen LogP contribution in [0.1, 0.15) is 13.8 Å². The third-order valence-corrected chi connectivity index (χ3v) is 5.67. The van der Waals surface area contributed by atoms with Crippen LogP contribution >= 0.6 is 34.5 Å². The fourth-order valence-electron chi connectivity index (χ4n) is 2.83. The highest BCUT2D eigenvalue weighted by atomic mass is 35.5. The van der Waals surface area contributed by atoms with Crippen LogP contribution in [0.25, 0.3) is 10.2 Å². The van der Waals surface area contributed by atoms with E-state index in [1.54, 1.807) is 18.2 Å². The van der Waals surface area contributed by atoms with Gasteiger partial charge in [-0.25, -0.2) is 0 Å². The lowest BCUT2D eigenvalue weighted by Gasteiger charge is -2.10. The molecule has 0 spiro atoms. The van der Waals surface area contributed by atoms with Crippen LogP contribution < -0.4 is 14.3 Å². The van der Waals surface area contributed by atoms with E-state index in [0.717, 1.165) is 16.0 Å². The molecule has 0 atom stereocenters. The van der Waals surface area contributed by atoms with Gasteiger partial charge in [-0.2, -0.15) is 4.99 Å². The summed E-state index contributed by atoms with van der Waals surface area (Å²) in [7, 11) is 0. The molecule has 9 heteroatoms. The summed E-state index contributed by atoms with van der Waals surface area (Å²) >= 11 is 13.4. The molecular weight excluding hydrogens is 447 g/mol. The highest BCUT2D eigenvalue weighted by Crippen LogP contribution is 2.28. The van der Waals surface area contributed by atoms with E-state index in [2.05, 4.69) is 4.99 Å². The third-order valence-electron chi connectivity index (χ3n) is 4.09. The van der Waals surface area contributed by atoms with Gasteiger partial charge in [0.15, 0.2) is 11.4 Å². The minimum Gasteiger partial charge on any atom is -0.492 e. The minimum absolute atomic E-state index is 0.237. The summed E-state index contributed by atoms with van der Waals surface area (Å²) in [5, 5.41) is 0.833. The second kappa shape index (κ2) is 10.8. The van der Waals surface area contributed by atoms with Crippen molar-refractivity contribution >= 4 is 50.7 Å². The van der Waals surface area contributed by atoms with Gasteiger partial charge in [-0.05, 0) is 44.2 Å². The normalized spacial score (nSPS) is 11.8. The van der Waals surface area contributed by atoms with Crippen molar-refractivity contribution in [2.75, 3.05) is 26.4 Å². The van der Waals surface area contributed by atoms with Crippen molar-refractivity contribution in [3.05, 3.63) is 51.2 Å². The first-order valence-corrected chi connectivity index (χ1v) is 11.1. The predicted molar refractivity (Wildman–Crippen MR) is 120 cm³/mol. The van der Waals surface area contributed by atoms with Crippen LogP contribution in [0.2, 0.25) is 10.0 Å². The zero-order valence-corrected chi connectivity index (χ0v) is 19.0. The van der Waals surface area contributed by atoms with E-state index in [1.165, 1.54) is 11.3 Å². The monoisotopic (exact) mass is 468 g/mol. The van der Waals surface area contributed by atoms with E-state index >= 15 is 0 Å². The molecule has 1 heterocycles. The third kappa shape index (κ3) is 5.55. The molecular formula is C21H22Cl2N2O4S. The molecule has 3 aromatic rings. The number of thiazole rings is 1. The molecule has 0 aliphatic carbocycles. The van der Waals surface area contributed by atoms with Crippen LogP contribution in [0, 0.1) is 0 Å². The molecule has 6 nitrogen and oxygen atoms in total. The molecule has 0 aliphatic rings. The van der Waals surface area contributed by atoms with Crippen LogP contribution in [0.4, 0.5) is 0 Å². The number of carbonyl (C=O) groups excluding carboxylic acids is 1. The Morgan fingerprint density at radius 1 is 1.10 bits per heavy atom. The van der Waals surface area contributed by atoms with Gasteiger partial charge in [-0.3, -0.25) is 4.79 Å². The van der Waals surface area contributed by atoms with Gasteiger partial charge < -0.3 is 18.8 Å². The molecule has 2 aromatic carbocycles. The van der Waals surface area contributed by atoms with E-state index in [4.69, 9.17) is 37.4 Å². The molecule has 0 aliphatic heterocycles. The number of hydrogen-bond donors (Lipinski definition) is 0. The minimum atomic E-state index is -0.421. The Morgan fingerprint density at radius 2 is 1.93 bits per heavy atom. The van der Waals surface area contributed by atoms with E-state index in [9.17, 15) is 4.79 Å². The maximum absolute atomic E-state index is 12.5. The highest BCUT2D eigenvalue weighted by molar-refractivity contribution is 7.16. The molecule has 3 rings (SSSR count). The maximum Gasteiger partial charge on any atom is 0.286 e. The molecule has 0 unspecified atom stereocenters. The highest BCUT2D eigenvalue weighted by Gasteiger charge is 2.13. The number of amides is 1. The summed E-state index contributed by atoms with van der Waals surface area (Å²) in [6, 6.07) is 10.6. The van der Waals surface area contributed by atoms with Crippen LogP contribution in [0.15, 0.2) is 41.4 Å². The summed E-state index contributed by atoms with van der Waals surface area (Å²) in [6.07, 6.45) is 0. The van der Waals surface area contributed by atoms with E-state index in [-0.39, 0.29) is 6.61 Å². The molecule has 0 fully saturated rings. The number of aromatic nitrogens is 1. The molecule has 0 radical (unpaired) electrons. The topological polar surface area (TPSA) is 62.1 Å². The van der Waals surface area contributed by atoms with Crippen molar-refractivity contribution < 1.29 is 19.0 Å². The lowest BCUT2D eigenvalue weighted by molar-refractivity contribution is -0.120. The Kier molecular flexibility index (Phi) is 8.16. The Balaban J connectivity index is 1.90. The average Bonchev–Trinajstić information content (AvgIpc) is 3.06. The Hall–Kier alpha value is -2.06. The zero-order valence-electron chi connectivity index (χ0n) is 16.7. The molecule has 30 heavy (non-hydrogen) atoms. The van der Waals surface area contributed by atoms with Gasteiger partial charge in [0, 0.05) is 18.2 Å². The van der Waals surface area contributed by atoms with Gasteiger partial charge in [0.05, 0.1) is 22.9 Å². The van der Waals surface area contributed by atoms with E-state index in [1.807, 2.05) is 36.6 Å². The molecule has 0 saturated carbocycles. The number of nitrogens with zero attached hydrogens (tertiary/aromatic N) is 2. The fourth-order valence-corrected chi connectivity index (χ4v) is 4.39. The molecule has 0 saturated heterocycles. The largest absolute Gasteiger partial charge is 0.492 e. The van der Waals surface area contributed by atoms with Crippen LogP contribution in [-0.4, -0.2) is 36.9 Å². The summed E-state index contributed by atoms with van der Waals surface area (Å²) < 4.78 is 19.7. The lowest BCUT2D eigenvalue weighted by Crippen LogP contribution is -2.21. The van der Waals surface area contributed by atoms with Crippen LogP contribution in [-0.2, 0) is 16.1 Å². The van der Waals surface area contributed by atoms with E-state index in [0.29, 0.717) is 47.0 Å². The zero-order chi connectivity index (χ0) is 21.5. The molecule has 0 bridgehead atoms. The number of hydrogen-bond acceptors (Lipinski definition) is 5. The van der Waals surface area contributed by atoms with Crippen molar-refractivity contribution in [2.24, 2.45) is 4.99 Å². The van der Waals surface area contributed by atoms with Crippen molar-refractivity contribution in [1.82, 2.24) is 4.57 Å². The molecule has 1 amide bonds. The van der Waals surface area contributed by atoms with Crippen molar-refractivity contribution in [3.8, 4) is 11.5 Å². The first-order chi connectivity index (χ1) is 14.5. The standard InChI is InChI=1S/C21H22Cl2N2O4S/c1-3-27-11-10-25-20-17(28-4-2)6-5-7-18(20)30-21(25)24-19(26)13-29-16-9-8-14(22)12-15(16)23/h5-9,12H,3-4,10-11,13H2,1-2H3. The number of benzene rings is 2. The van der Waals surface area contributed by atoms with Gasteiger partial charge in [0.25, 0.3) is 5.91 Å². The van der Waals surface area contributed by atoms with Crippen molar-refractivity contribution in [3.63, 3.8) is 0 Å². The quantitative estimate of drug-likeness (QED) is 0.416. The fraction of sp³-hybridized carbons (Fsp3) is 0.333. The van der Waals surface area contributed by atoms with Crippen molar-refractivity contribution in [1.29, 1.82) is 0 Å². The maximum atomic E-state index is 12.5.